The number of carboxylic acid groups (broad SMARTS) is 1. The van der Waals surface area contributed by atoms with Gasteiger partial charge in [0, 0.05) is 0 Å². The molecule has 1 fully saturated rings. The molecule has 14 heavy (non-hydrogen) atoms. The molecule has 1 rings (SSSR count). The van der Waals surface area contributed by atoms with Gasteiger partial charge in [0.2, 0.25) is 0 Å². The van der Waals surface area contributed by atoms with Crippen molar-refractivity contribution in [1.29, 1.82) is 0 Å². The number of carbonyl (C=O) groups is 1. The molecule has 1 N–H and O–H groups in total. The molecule has 0 saturated heterocycles. The zero-order valence-corrected chi connectivity index (χ0v) is 9.38. The second-order valence-corrected chi connectivity index (χ2v) is 4.81. The Morgan fingerprint density at radius 2 is 2.00 bits per heavy atom. The van der Waals surface area contributed by atoms with Crippen LogP contribution < -0.4 is 0 Å². The number of unbranched alkanes of at least 4 members (excludes halogenated alkanes) is 3. The van der Waals surface area contributed by atoms with Crippen molar-refractivity contribution < 1.29 is 9.90 Å². The van der Waals surface area contributed by atoms with Crippen LogP contribution in [0.1, 0.15) is 58.8 Å². The van der Waals surface area contributed by atoms with E-state index >= 15 is 0 Å². The molecule has 1 atom stereocenters. The molecule has 0 aromatic carbocycles. The van der Waals surface area contributed by atoms with Crippen molar-refractivity contribution >= 4 is 5.97 Å². The van der Waals surface area contributed by atoms with Crippen molar-refractivity contribution in [2.75, 3.05) is 0 Å². The Morgan fingerprint density at radius 1 is 1.36 bits per heavy atom. The molecule has 0 heterocycles. The van der Waals surface area contributed by atoms with Gasteiger partial charge in [-0.2, -0.15) is 0 Å². The van der Waals surface area contributed by atoms with Crippen LogP contribution in [0.4, 0.5) is 0 Å². The predicted octanol–water partition coefficient (Wildman–Crippen LogP) is 3.46. The Labute approximate surface area is 86.7 Å². The summed E-state index contributed by atoms with van der Waals surface area (Å²) in [6, 6.07) is 0. The second kappa shape index (κ2) is 4.81. The van der Waals surface area contributed by atoms with Crippen LogP contribution in [0.2, 0.25) is 0 Å². The molecular weight excluding hydrogens is 176 g/mol. The predicted molar refractivity (Wildman–Crippen MR) is 57.2 cm³/mol. The molecule has 1 aliphatic rings. The van der Waals surface area contributed by atoms with Gasteiger partial charge in [0.25, 0.3) is 0 Å². The molecule has 2 nitrogen and oxygen atoms in total. The Bertz CT molecular complexity index is 196. The summed E-state index contributed by atoms with van der Waals surface area (Å²) in [6.07, 6.45) is 7.83. The molecule has 0 amide bonds. The van der Waals surface area contributed by atoms with E-state index in [0.29, 0.717) is 5.92 Å². The highest BCUT2D eigenvalue weighted by molar-refractivity contribution is 5.75. The average molecular weight is 198 g/mol. The van der Waals surface area contributed by atoms with Crippen LogP contribution in [-0.4, -0.2) is 11.1 Å². The first-order chi connectivity index (χ1) is 6.61. The maximum absolute atomic E-state index is 11.2. The fraction of sp³-hybridized carbons (Fsp3) is 0.917. The van der Waals surface area contributed by atoms with E-state index in [1.54, 1.807) is 0 Å². The minimum absolute atomic E-state index is 0.423. The summed E-state index contributed by atoms with van der Waals surface area (Å²) < 4.78 is 0. The van der Waals surface area contributed by atoms with Gasteiger partial charge in [-0.15, -0.1) is 0 Å². The third kappa shape index (κ3) is 2.73. The normalized spacial score (nSPS) is 20.4. The smallest absolute Gasteiger partial charge is 0.309 e. The summed E-state index contributed by atoms with van der Waals surface area (Å²) in [6.45, 7) is 4.11. The van der Waals surface area contributed by atoms with Crippen molar-refractivity contribution in [2.45, 2.75) is 58.8 Å². The minimum Gasteiger partial charge on any atom is -0.481 e. The van der Waals surface area contributed by atoms with Gasteiger partial charge in [0.15, 0.2) is 0 Å². The van der Waals surface area contributed by atoms with Crippen LogP contribution in [0, 0.1) is 11.3 Å². The molecule has 0 aliphatic heterocycles. The maximum atomic E-state index is 11.2. The second-order valence-electron chi connectivity index (χ2n) is 4.81. The topological polar surface area (TPSA) is 37.3 Å². The Balaban J connectivity index is 2.32. The first-order valence-corrected chi connectivity index (χ1v) is 5.84. The van der Waals surface area contributed by atoms with Crippen LogP contribution >= 0.6 is 0 Å². The number of hydrogen-bond acceptors (Lipinski definition) is 1. The van der Waals surface area contributed by atoms with Gasteiger partial charge in [-0.25, -0.2) is 0 Å². The molecule has 0 bridgehead atoms. The summed E-state index contributed by atoms with van der Waals surface area (Å²) in [7, 11) is 0. The highest BCUT2D eigenvalue weighted by atomic mass is 16.4. The van der Waals surface area contributed by atoms with E-state index in [4.69, 9.17) is 0 Å². The molecule has 1 aliphatic carbocycles. The Kier molecular flexibility index (Phi) is 3.97. The fourth-order valence-electron chi connectivity index (χ4n) is 2.13. The van der Waals surface area contributed by atoms with Crippen molar-refractivity contribution in [3.05, 3.63) is 0 Å². The van der Waals surface area contributed by atoms with Crippen molar-refractivity contribution in [3.8, 4) is 0 Å². The van der Waals surface area contributed by atoms with Crippen molar-refractivity contribution in [1.82, 2.24) is 0 Å². The van der Waals surface area contributed by atoms with E-state index < -0.39 is 11.4 Å². The zero-order chi connectivity index (χ0) is 10.6. The molecule has 0 spiro atoms. The van der Waals surface area contributed by atoms with Gasteiger partial charge in [0.1, 0.15) is 0 Å². The minimum atomic E-state index is -0.587. The summed E-state index contributed by atoms with van der Waals surface area (Å²) >= 11 is 0. The highest BCUT2D eigenvalue weighted by Gasteiger charge is 2.46. The lowest BCUT2D eigenvalue weighted by Crippen LogP contribution is -2.29. The van der Waals surface area contributed by atoms with Crippen molar-refractivity contribution in [3.63, 3.8) is 0 Å². The lowest BCUT2D eigenvalue weighted by Gasteiger charge is -2.24. The Morgan fingerprint density at radius 3 is 2.43 bits per heavy atom. The summed E-state index contributed by atoms with van der Waals surface area (Å²) in [5.74, 6) is -0.127. The van der Waals surface area contributed by atoms with Gasteiger partial charge >= 0.3 is 5.97 Å². The van der Waals surface area contributed by atoms with E-state index in [0.717, 1.165) is 25.7 Å². The largest absolute Gasteiger partial charge is 0.481 e. The number of carboxylic acids is 1. The van der Waals surface area contributed by atoms with E-state index in [1.165, 1.54) is 19.3 Å². The van der Waals surface area contributed by atoms with Crippen LogP contribution in [-0.2, 0) is 4.79 Å². The first kappa shape index (κ1) is 11.5. The lowest BCUT2D eigenvalue weighted by molar-refractivity contribution is -0.149. The molecule has 0 radical (unpaired) electrons. The SMILES string of the molecule is CCCCCCC(C)(C(=O)O)C1CC1. The van der Waals surface area contributed by atoms with Gasteiger partial charge in [-0.05, 0) is 32.1 Å². The monoisotopic (exact) mass is 198 g/mol. The molecule has 82 valence electrons. The quantitative estimate of drug-likeness (QED) is 0.636. The summed E-state index contributed by atoms with van der Waals surface area (Å²) in [5.41, 5.74) is -0.423. The molecule has 1 saturated carbocycles. The average Bonchev–Trinajstić information content (AvgIpc) is 2.95. The van der Waals surface area contributed by atoms with Gasteiger partial charge < -0.3 is 5.11 Å². The molecule has 0 aromatic rings. The Hall–Kier alpha value is -0.530. The van der Waals surface area contributed by atoms with E-state index in [-0.39, 0.29) is 0 Å². The van der Waals surface area contributed by atoms with E-state index in [2.05, 4.69) is 6.92 Å². The van der Waals surface area contributed by atoms with Gasteiger partial charge in [0.05, 0.1) is 5.41 Å². The molecule has 2 heteroatoms. The van der Waals surface area contributed by atoms with Gasteiger partial charge in [-0.3, -0.25) is 4.79 Å². The summed E-state index contributed by atoms with van der Waals surface area (Å²) in [4.78, 5) is 11.2. The van der Waals surface area contributed by atoms with Crippen LogP contribution in [0.5, 0.6) is 0 Å². The van der Waals surface area contributed by atoms with Crippen molar-refractivity contribution in [2.24, 2.45) is 11.3 Å². The maximum Gasteiger partial charge on any atom is 0.309 e. The fourth-order valence-corrected chi connectivity index (χ4v) is 2.13. The van der Waals surface area contributed by atoms with Crippen LogP contribution in [0.25, 0.3) is 0 Å². The number of rotatable bonds is 7. The van der Waals surface area contributed by atoms with E-state index in [9.17, 15) is 9.90 Å². The molecule has 1 unspecified atom stereocenters. The third-order valence-corrected chi connectivity index (χ3v) is 3.52. The zero-order valence-electron chi connectivity index (χ0n) is 9.38. The third-order valence-electron chi connectivity index (χ3n) is 3.52. The van der Waals surface area contributed by atoms with Gasteiger partial charge in [-0.1, -0.05) is 32.6 Å². The highest BCUT2D eigenvalue weighted by Crippen LogP contribution is 2.48. The standard InChI is InChI=1S/C12H22O2/c1-3-4-5-6-9-12(2,11(13)14)10-7-8-10/h10H,3-9H2,1-2H3,(H,13,14). The number of hydrogen-bond donors (Lipinski definition) is 1. The van der Waals surface area contributed by atoms with Crippen LogP contribution in [0.15, 0.2) is 0 Å². The molecular formula is C12H22O2. The number of aliphatic carboxylic acids is 1. The lowest BCUT2D eigenvalue weighted by atomic mass is 9.80. The van der Waals surface area contributed by atoms with E-state index in [1.807, 2.05) is 6.92 Å². The summed E-state index contributed by atoms with van der Waals surface area (Å²) in [5, 5.41) is 9.20. The van der Waals surface area contributed by atoms with Crippen LogP contribution in [0.3, 0.4) is 0 Å². The first-order valence-electron chi connectivity index (χ1n) is 5.84. The molecule has 0 aromatic heterocycles.